The van der Waals surface area contributed by atoms with E-state index in [1.807, 2.05) is 54.6 Å². The van der Waals surface area contributed by atoms with E-state index < -0.39 is 0 Å². The third-order valence-electron chi connectivity index (χ3n) is 3.59. The van der Waals surface area contributed by atoms with E-state index in [9.17, 15) is 4.79 Å². The Kier molecular flexibility index (Phi) is 7.88. The van der Waals surface area contributed by atoms with Crippen LogP contribution in [0.3, 0.4) is 0 Å². The van der Waals surface area contributed by atoms with E-state index in [0.717, 1.165) is 42.9 Å². The van der Waals surface area contributed by atoms with Crippen LogP contribution in [-0.4, -0.2) is 12.5 Å². The third-order valence-corrected chi connectivity index (χ3v) is 3.59. The molecular weight excluding hydrogens is 316 g/mol. The van der Waals surface area contributed by atoms with Crippen molar-refractivity contribution in [2.75, 3.05) is 11.9 Å². The molecule has 0 aliphatic heterocycles. The summed E-state index contributed by atoms with van der Waals surface area (Å²) >= 11 is 0. The molecule has 2 rings (SSSR count). The molecule has 1 amide bonds. The molecule has 6 heteroatoms. The fourth-order valence-corrected chi connectivity index (χ4v) is 2.32. The van der Waals surface area contributed by atoms with Crippen molar-refractivity contribution in [3.63, 3.8) is 0 Å². The highest BCUT2D eigenvalue weighted by Gasteiger charge is 2.03. The largest absolute Gasteiger partial charge is 0.457 e. The standard InChI is InChI=1S/C19H22N4O2/c20-23-21-15-7-2-1-6-10-19(24)22-16-11-13-18(14-12-16)25-17-8-4-3-5-9-17/h3-5,8-9,11-14H,1-2,6-7,10,15H2,(H,22,24). The molecule has 0 atom stereocenters. The zero-order chi connectivity index (χ0) is 17.7. The first-order valence-electron chi connectivity index (χ1n) is 8.41. The van der Waals surface area contributed by atoms with E-state index in [0.29, 0.717) is 13.0 Å². The highest BCUT2D eigenvalue weighted by atomic mass is 16.5. The van der Waals surface area contributed by atoms with Crippen LogP contribution in [0.2, 0.25) is 0 Å². The summed E-state index contributed by atoms with van der Waals surface area (Å²) in [5, 5.41) is 6.37. The molecule has 2 aromatic carbocycles. The molecule has 6 nitrogen and oxygen atoms in total. The van der Waals surface area contributed by atoms with E-state index in [2.05, 4.69) is 15.3 Å². The van der Waals surface area contributed by atoms with Gasteiger partial charge in [0.1, 0.15) is 11.5 Å². The maximum atomic E-state index is 11.9. The lowest BCUT2D eigenvalue weighted by molar-refractivity contribution is -0.116. The lowest BCUT2D eigenvalue weighted by Gasteiger charge is -2.08. The Morgan fingerprint density at radius 1 is 0.960 bits per heavy atom. The van der Waals surface area contributed by atoms with Gasteiger partial charge in [-0.15, -0.1) is 0 Å². The summed E-state index contributed by atoms with van der Waals surface area (Å²) in [4.78, 5) is 14.6. The monoisotopic (exact) mass is 338 g/mol. The number of rotatable bonds is 10. The molecule has 0 radical (unpaired) electrons. The first-order chi connectivity index (χ1) is 12.3. The number of carbonyl (C=O) groups is 1. The summed E-state index contributed by atoms with van der Waals surface area (Å²) in [7, 11) is 0. The number of hydrogen-bond acceptors (Lipinski definition) is 3. The number of unbranched alkanes of at least 4 members (excludes halogenated alkanes) is 3. The molecule has 1 N–H and O–H groups in total. The first-order valence-corrected chi connectivity index (χ1v) is 8.41. The minimum absolute atomic E-state index is 0.00627. The second kappa shape index (κ2) is 10.7. The Hall–Kier alpha value is -2.98. The quantitative estimate of drug-likeness (QED) is 0.261. The summed E-state index contributed by atoms with van der Waals surface area (Å²) in [5.41, 5.74) is 8.93. The fourth-order valence-electron chi connectivity index (χ4n) is 2.32. The molecule has 0 bridgehead atoms. The van der Waals surface area contributed by atoms with Gasteiger partial charge in [-0.2, -0.15) is 0 Å². The molecule has 0 aromatic heterocycles. The van der Waals surface area contributed by atoms with Crippen molar-refractivity contribution in [1.82, 2.24) is 0 Å². The lowest BCUT2D eigenvalue weighted by atomic mass is 10.1. The summed E-state index contributed by atoms with van der Waals surface area (Å²) in [6, 6.07) is 16.9. The van der Waals surface area contributed by atoms with Crippen LogP contribution in [0.15, 0.2) is 59.7 Å². The van der Waals surface area contributed by atoms with Crippen LogP contribution in [0.5, 0.6) is 11.5 Å². The number of hydrogen-bond donors (Lipinski definition) is 1. The van der Waals surface area contributed by atoms with E-state index in [-0.39, 0.29) is 5.91 Å². The fraction of sp³-hybridized carbons (Fsp3) is 0.316. The van der Waals surface area contributed by atoms with Crippen LogP contribution in [0.1, 0.15) is 32.1 Å². The van der Waals surface area contributed by atoms with Gasteiger partial charge in [0.05, 0.1) is 0 Å². The zero-order valence-corrected chi connectivity index (χ0v) is 14.1. The van der Waals surface area contributed by atoms with Crippen molar-refractivity contribution in [1.29, 1.82) is 0 Å². The van der Waals surface area contributed by atoms with Gasteiger partial charge < -0.3 is 10.1 Å². The molecule has 0 aliphatic carbocycles. The van der Waals surface area contributed by atoms with Gasteiger partial charge >= 0.3 is 0 Å². The molecule has 0 fully saturated rings. The van der Waals surface area contributed by atoms with Crippen molar-refractivity contribution < 1.29 is 9.53 Å². The van der Waals surface area contributed by atoms with Crippen molar-refractivity contribution in [2.24, 2.45) is 5.11 Å². The van der Waals surface area contributed by atoms with Gasteiger partial charge in [-0.1, -0.05) is 36.2 Å². The zero-order valence-electron chi connectivity index (χ0n) is 14.1. The SMILES string of the molecule is [N-]=[N+]=NCCCCCCC(=O)Nc1ccc(Oc2ccccc2)cc1. The van der Waals surface area contributed by atoms with Gasteiger partial charge in [0.2, 0.25) is 5.91 Å². The number of azide groups is 1. The van der Waals surface area contributed by atoms with Crippen molar-refractivity contribution in [3.8, 4) is 11.5 Å². The highest BCUT2D eigenvalue weighted by Crippen LogP contribution is 2.22. The summed E-state index contributed by atoms with van der Waals surface area (Å²) in [6.45, 7) is 0.528. The van der Waals surface area contributed by atoms with E-state index >= 15 is 0 Å². The van der Waals surface area contributed by atoms with E-state index in [1.54, 1.807) is 0 Å². The molecule has 25 heavy (non-hydrogen) atoms. The van der Waals surface area contributed by atoms with Gasteiger partial charge in [0, 0.05) is 23.6 Å². The van der Waals surface area contributed by atoms with E-state index in [4.69, 9.17) is 10.3 Å². The van der Waals surface area contributed by atoms with Crippen LogP contribution in [-0.2, 0) is 4.79 Å². The van der Waals surface area contributed by atoms with Crippen molar-refractivity contribution in [2.45, 2.75) is 32.1 Å². The highest BCUT2D eigenvalue weighted by molar-refractivity contribution is 5.90. The number of amides is 1. The number of benzene rings is 2. The molecule has 0 saturated carbocycles. The van der Waals surface area contributed by atoms with Crippen LogP contribution < -0.4 is 10.1 Å². The Bertz CT molecular complexity index is 695. The molecule has 0 spiro atoms. The molecule has 0 aliphatic rings. The topological polar surface area (TPSA) is 87.1 Å². The Morgan fingerprint density at radius 2 is 1.64 bits per heavy atom. The lowest BCUT2D eigenvalue weighted by Crippen LogP contribution is -2.10. The van der Waals surface area contributed by atoms with Gasteiger partial charge in [-0.3, -0.25) is 4.79 Å². The number of carbonyl (C=O) groups excluding carboxylic acids is 1. The van der Waals surface area contributed by atoms with Crippen LogP contribution in [0.25, 0.3) is 10.4 Å². The normalized spacial score (nSPS) is 9.92. The van der Waals surface area contributed by atoms with Gasteiger partial charge in [0.15, 0.2) is 0 Å². The molecule has 0 unspecified atom stereocenters. The Morgan fingerprint density at radius 3 is 2.36 bits per heavy atom. The molecule has 0 heterocycles. The minimum atomic E-state index is 0.00627. The summed E-state index contributed by atoms with van der Waals surface area (Å²) < 4.78 is 5.72. The van der Waals surface area contributed by atoms with Crippen molar-refractivity contribution >= 4 is 11.6 Å². The van der Waals surface area contributed by atoms with Gasteiger partial charge in [-0.25, -0.2) is 0 Å². The third kappa shape index (κ3) is 7.42. The predicted molar refractivity (Wildman–Crippen MR) is 98.7 cm³/mol. The molecule has 130 valence electrons. The molecule has 2 aromatic rings. The maximum absolute atomic E-state index is 11.9. The number of ether oxygens (including phenoxy) is 1. The van der Waals surface area contributed by atoms with Gasteiger partial charge in [-0.05, 0) is 54.8 Å². The molecule has 0 saturated heterocycles. The smallest absolute Gasteiger partial charge is 0.224 e. The van der Waals surface area contributed by atoms with Crippen molar-refractivity contribution in [3.05, 3.63) is 65.0 Å². The summed E-state index contributed by atoms with van der Waals surface area (Å²) in [6.07, 6.45) is 4.12. The van der Waals surface area contributed by atoms with Crippen LogP contribution in [0.4, 0.5) is 5.69 Å². The number of nitrogens with zero attached hydrogens (tertiary/aromatic N) is 3. The summed E-state index contributed by atoms with van der Waals surface area (Å²) in [5.74, 6) is 1.51. The average molecular weight is 338 g/mol. The van der Waals surface area contributed by atoms with Gasteiger partial charge in [0.25, 0.3) is 0 Å². The predicted octanol–water partition coefficient (Wildman–Crippen LogP) is 5.68. The minimum Gasteiger partial charge on any atom is -0.457 e. The first kappa shape index (κ1) is 18.4. The van der Waals surface area contributed by atoms with E-state index in [1.165, 1.54) is 0 Å². The Balaban J connectivity index is 1.68. The Labute approximate surface area is 147 Å². The maximum Gasteiger partial charge on any atom is 0.224 e. The second-order valence-electron chi connectivity index (χ2n) is 5.61. The average Bonchev–Trinajstić information content (AvgIpc) is 2.63. The number of nitrogens with one attached hydrogen (secondary N) is 1. The van der Waals surface area contributed by atoms with Crippen LogP contribution >= 0.6 is 0 Å². The molecular formula is C19H22N4O2. The number of anilines is 1. The second-order valence-corrected chi connectivity index (χ2v) is 5.61. The number of para-hydroxylation sites is 1. The van der Waals surface area contributed by atoms with Crippen LogP contribution in [0, 0.1) is 0 Å².